The van der Waals surface area contributed by atoms with E-state index in [1.807, 2.05) is 25.4 Å². The zero-order valence-electron chi connectivity index (χ0n) is 11.9. The maximum atomic E-state index is 13.6. The van der Waals surface area contributed by atoms with Crippen LogP contribution in [0.1, 0.15) is 16.7 Å². The molecular formula is C17H17FN2O. The van der Waals surface area contributed by atoms with Crippen molar-refractivity contribution in [1.29, 1.82) is 0 Å². The summed E-state index contributed by atoms with van der Waals surface area (Å²) in [7, 11) is 2.00. The van der Waals surface area contributed by atoms with E-state index in [-0.39, 0.29) is 12.4 Å². The molecule has 0 fully saturated rings. The first-order valence-corrected chi connectivity index (χ1v) is 6.64. The summed E-state index contributed by atoms with van der Waals surface area (Å²) in [6.07, 6.45) is 3.58. The number of halogens is 1. The highest BCUT2D eigenvalue weighted by Gasteiger charge is 2.05. The fourth-order valence-corrected chi connectivity index (χ4v) is 2.07. The minimum Gasteiger partial charge on any atom is -0.384 e. The average molecular weight is 284 g/mol. The van der Waals surface area contributed by atoms with Gasteiger partial charge in [-0.3, -0.25) is 9.88 Å². The minimum atomic E-state index is -0.366. The number of pyridine rings is 1. The van der Waals surface area contributed by atoms with E-state index in [1.54, 1.807) is 18.3 Å². The molecule has 0 unspecified atom stereocenters. The van der Waals surface area contributed by atoms with Crippen molar-refractivity contribution in [1.82, 2.24) is 9.88 Å². The summed E-state index contributed by atoms with van der Waals surface area (Å²) in [6, 6.07) is 8.81. The van der Waals surface area contributed by atoms with Gasteiger partial charge < -0.3 is 5.11 Å². The molecule has 0 aliphatic rings. The van der Waals surface area contributed by atoms with Crippen LogP contribution in [-0.4, -0.2) is 28.6 Å². The molecule has 3 nitrogen and oxygen atoms in total. The normalized spacial score (nSPS) is 10.3. The van der Waals surface area contributed by atoms with Crippen molar-refractivity contribution >= 4 is 0 Å². The van der Waals surface area contributed by atoms with Gasteiger partial charge in [-0.15, -0.1) is 0 Å². The molecule has 0 amide bonds. The third kappa shape index (κ3) is 4.67. The Morgan fingerprint density at radius 1 is 1.24 bits per heavy atom. The summed E-state index contributed by atoms with van der Waals surface area (Å²) in [6.45, 7) is 1.18. The molecule has 1 aromatic heterocycles. The highest BCUT2D eigenvalue weighted by Crippen LogP contribution is 2.12. The Morgan fingerprint density at radius 2 is 2.05 bits per heavy atom. The van der Waals surface area contributed by atoms with Crippen LogP contribution in [0.15, 0.2) is 42.7 Å². The number of benzene rings is 1. The molecule has 1 heterocycles. The van der Waals surface area contributed by atoms with Crippen LogP contribution in [0, 0.1) is 17.7 Å². The first kappa shape index (κ1) is 15.2. The molecule has 0 atom stereocenters. The van der Waals surface area contributed by atoms with Gasteiger partial charge in [0.1, 0.15) is 12.4 Å². The molecule has 1 N–H and O–H groups in total. The number of aromatic nitrogens is 1. The molecule has 2 aromatic rings. The number of aliphatic hydroxyl groups excluding tert-OH is 1. The highest BCUT2D eigenvalue weighted by molar-refractivity contribution is 5.38. The Morgan fingerprint density at radius 3 is 2.76 bits per heavy atom. The Hall–Kier alpha value is -2.22. The summed E-state index contributed by atoms with van der Waals surface area (Å²) in [5, 5.41) is 8.69. The smallest absolute Gasteiger partial charge is 0.138 e. The molecule has 108 valence electrons. The summed E-state index contributed by atoms with van der Waals surface area (Å²) >= 11 is 0. The van der Waals surface area contributed by atoms with Crippen LogP contribution in [0.25, 0.3) is 0 Å². The predicted molar refractivity (Wildman–Crippen MR) is 79.8 cm³/mol. The van der Waals surface area contributed by atoms with Gasteiger partial charge in [0, 0.05) is 25.5 Å². The maximum Gasteiger partial charge on any atom is 0.138 e. The van der Waals surface area contributed by atoms with Gasteiger partial charge in [-0.2, -0.15) is 0 Å². The van der Waals surface area contributed by atoms with Crippen LogP contribution in [-0.2, 0) is 13.1 Å². The molecule has 0 aliphatic carbocycles. The second kappa shape index (κ2) is 7.53. The molecule has 0 aliphatic heterocycles. The van der Waals surface area contributed by atoms with Crippen molar-refractivity contribution in [3.05, 3.63) is 65.2 Å². The number of aliphatic hydroxyl groups is 1. The minimum absolute atomic E-state index is 0.273. The lowest BCUT2D eigenvalue weighted by molar-refractivity contribution is 0.318. The molecule has 0 bridgehead atoms. The van der Waals surface area contributed by atoms with E-state index >= 15 is 0 Å². The lowest BCUT2D eigenvalue weighted by Crippen LogP contribution is -2.17. The van der Waals surface area contributed by atoms with Crippen LogP contribution in [0.2, 0.25) is 0 Å². The number of hydrogen-bond acceptors (Lipinski definition) is 3. The Bertz CT molecular complexity index is 647. The second-order valence-corrected chi connectivity index (χ2v) is 4.81. The first-order chi connectivity index (χ1) is 10.2. The van der Waals surface area contributed by atoms with E-state index in [9.17, 15) is 4.39 Å². The van der Waals surface area contributed by atoms with Crippen molar-refractivity contribution in [3.8, 4) is 11.8 Å². The fourth-order valence-electron chi connectivity index (χ4n) is 2.07. The van der Waals surface area contributed by atoms with E-state index in [4.69, 9.17) is 5.11 Å². The Kier molecular flexibility index (Phi) is 5.44. The number of hydrogen-bond donors (Lipinski definition) is 1. The van der Waals surface area contributed by atoms with E-state index in [0.717, 1.165) is 17.7 Å². The summed E-state index contributed by atoms with van der Waals surface area (Å²) in [4.78, 5) is 6.20. The molecule has 21 heavy (non-hydrogen) atoms. The van der Waals surface area contributed by atoms with Gasteiger partial charge in [0.2, 0.25) is 0 Å². The Balaban J connectivity index is 2.05. The molecular weight excluding hydrogens is 267 g/mol. The van der Waals surface area contributed by atoms with Crippen LogP contribution < -0.4 is 0 Å². The molecule has 0 saturated heterocycles. The maximum absolute atomic E-state index is 13.6. The molecule has 1 aromatic carbocycles. The average Bonchev–Trinajstić information content (AvgIpc) is 2.48. The summed E-state index contributed by atoms with van der Waals surface area (Å²) in [5.74, 6) is 4.73. The summed E-state index contributed by atoms with van der Waals surface area (Å²) in [5.41, 5.74) is 2.42. The van der Waals surface area contributed by atoms with Gasteiger partial charge in [-0.05, 0) is 36.4 Å². The van der Waals surface area contributed by atoms with Crippen LogP contribution >= 0.6 is 0 Å². The first-order valence-electron chi connectivity index (χ1n) is 6.64. The van der Waals surface area contributed by atoms with Gasteiger partial charge in [0.05, 0.1) is 5.56 Å². The Labute approximate surface area is 124 Å². The molecule has 4 heteroatoms. The standard InChI is InChI=1S/C17H17FN2O/c1-20(13-15-4-2-8-19-11-15)12-14-6-7-17(18)16(10-14)5-3-9-21/h2,4,6-8,10-11,21H,9,12-13H2,1H3. The van der Waals surface area contributed by atoms with Crippen LogP contribution in [0.4, 0.5) is 4.39 Å². The molecule has 0 spiro atoms. The van der Waals surface area contributed by atoms with Crippen molar-refractivity contribution < 1.29 is 9.50 Å². The topological polar surface area (TPSA) is 36.4 Å². The molecule has 0 saturated carbocycles. The fraction of sp³-hybridized carbons (Fsp3) is 0.235. The van der Waals surface area contributed by atoms with Crippen molar-refractivity contribution in [2.45, 2.75) is 13.1 Å². The quantitative estimate of drug-likeness (QED) is 0.874. The largest absolute Gasteiger partial charge is 0.384 e. The van der Waals surface area contributed by atoms with E-state index < -0.39 is 0 Å². The van der Waals surface area contributed by atoms with Gasteiger partial charge in [-0.25, -0.2) is 4.39 Å². The van der Waals surface area contributed by atoms with Crippen molar-refractivity contribution in [3.63, 3.8) is 0 Å². The van der Waals surface area contributed by atoms with Gasteiger partial charge in [0.15, 0.2) is 0 Å². The summed E-state index contributed by atoms with van der Waals surface area (Å²) < 4.78 is 13.6. The van der Waals surface area contributed by atoms with Gasteiger partial charge in [0.25, 0.3) is 0 Å². The van der Waals surface area contributed by atoms with Crippen molar-refractivity contribution in [2.75, 3.05) is 13.7 Å². The zero-order valence-corrected chi connectivity index (χ0v) is 11.9. The van der Waals surface area contributed by atoms with Gasteiger partial charge >= 0.3 is 0 Å². The van der Waals surface area contributed by atoms with Gasteiger partial charge in [-0.1, -0.05) is 24.0 Å². The predicted octanol–water partition coefficient (Wildman–Crippen LogP) is 2.20. The van der Waals surface area contributed by atoms with Crippen molar-refractivity contribution in [2.24, 2.45) is 0 Å². The van der Waals surface area contributed by atoms with Crippen LogP contribution in [0.3, 0.4) is 0 Å². The zero-order chi connectivity index (χ0) is 15.1. The number of rotatable bonds is 4. The third-order valence-corrected chi connectivity index (χ3v) is 2.96. The van der Waals surface area contributed by atoms with E-state index in [2.05, 4.69) is 21.7 Å². The lowest BCUT2D eigenvalue weighted by Gasteiger charge is -2.16. The monoisotopic (exact) mass is 284 g/mol. The molecule has 0 radical (unpaired) electrons. The number of nitrogens with zero attached hydrogens (tertiary/aromatic N) is 2. The lowest BCUT2D eigenvalue weighted by atomic mass is 10.1. The SMILES string of the molecule is CN(Cc1cccnc1)Cc1ccc(F)c(C#CCO)c1. The van der Waals surface area contributed by atoms with Crippen LogP contribution in [0.5, 0.6) is 0 Å². The van der Waals surface area contributed by atoms with E-state index in [0.29, 0.717) is 12.1 Å². The molecule has 2 rings (SSSR count). The second-order valence-electron chi connectivity index (χ2n) is 4.81. The van der Waals surface area contributed by atoms with E-state index in [1.165, 1.54) is 6.07 Å². The third-order valence-electron chi connectivity index (χ3n) is 2.96. The highest BCUT2D eigenvalue weighted by atomic mass is 19.1.